The Morgan fingerprint density at radius 1 is 1.30 bits per heavy atom. The molecule has 7 heteroatoms. The Kier molecular flexibility index (Phi) is 11.4. The van der Waals surface area contributed by atoms with E-state index in [9.17, 15) is 14.0 Å². The highest BCUT2D eigenvalue weighted by Gasteiger charge is 2.33. The molecular weight excluding hydrogens is 385 g/mol. The minimum atomic E-state index is -0.389. The van der Waals surface area contributed by atoms with Crippen molar-refractivity contribution in [3.05, 3.63) is 53.7 Å². The number of hydrogen-bond donors (Lipinski definition) is 1. The van der Waals surface area contributed by atoms with Crippen LogP contribution in [0, 0.1) is 18.7 Å². The lowest BCUT2D eigenvalue weighted by atomic mass is 10.1. The highest BCUT2D eigenvalue weighted by Crippen LogP contribution is 2.20. The second-order valence-electron chi connectivity index (χ2n) is 7.33. The van der Waals surface area contributed by atoms with Gasteiger partial charge >= 0.3 is 0 Å². The van der Waals surface area contributed by atoms with E-state index in [2.05, 4.69) is 15.0 Å². The lowest BCUT2D eigenvalue weighted by Crippen LogP contribution is -2.46. The molecule has 0 bridgehead atoms. The summed E-state index contributed by atoms with van der Waals surface area (Å²) in [6.45, 7) is 10.8. The highest BCUT2D eigenvalue weighted by molar-refractivity contribution is 5.88. The Morgan fingerprint density at radius 3 is 2.57 bits per heavy atom. The molecule has 2 heterocycles. The van der Waals surface area contributed by atoms with Gasteiger partial charge in [-0.05, 0) is 43.4 Å². The molecule has 1 N–H and O–H groups in total. The first-order valence-corrected chi connectivity index (χ1v) is 10.6. The van der Waals surface area contributed by atoms with E-state index >= 15 is 0 Å². The summed E-state index contributed by atoms with van der Waals surface area (Å²) in [5, 5.41) is 6.35. The molecule has 1 fully saturated rings. The van der Waals surface area contributed by atoms with Gasteiger partial charge in [0.2, 0.25) is 11.8 Å². The third-order valence-corrected chi connectivity index (χ3v) is 4.38. The number of nitrogens with one attached hydrogen (secondary N) is 1. The SMILES string of the molecule is CC.CC(C)CC(=O)N1CCCC1C(=O)NCc1cccc(F)c1.Cc1ccon1. The maximum absolute atomic E-state index is 13.1. The molecule has 1 atom stereocenters. The summed E-state index contributed by atoms with van der Waals surface area (Å²) in [5.74, 6) is -0.150. The molecule has 1 aromatic heterocycles. The van der Waals surface area contributed by atoms with Crippen molar-refractivity contribution in [2.24, 2.45) is 5.92 Å². The van der Waals surface area contributed by atoms with Crippen molar-refractivity contribution in [2.75, 3.05) is 6.54 Å². The van der Waals surface area contributed by atoms with Gasteiger partial charge in [0, 0.05) is 25.6 Å². The van der Waals surface area contributed by atoms with E-state index in [4.69, 9.17) is 0 Å². The number of aromatic nitrogens is 1. The summed E-state index contributed by atoms with van der Waals surface area (Å²) in [4.78, 5) is 26.2. The molecule has 30 heavy (non-hydrogen) atoms. The van der Waals surface area contributed by atoms with Crippen molar-refractivity contribution in [2.45, 2.75) is 66.5 Å². The fourth-order valence-electron chi connectivity index (χ4n) is 3.03. The number of rotatable bonds is 5. The minimum Gasteiger partial charge on any atom is -0.365 e. The zero-order chi connectivity index (χ0) is 22.5. The Balaban J connectivity index is 0.000000474. The molecule has 3 rings (SSSR count). The average molecular weight is 420 g/mol. The van der Waals surface area contributed by atoms with E-state index < -0.39 is 0 Å². The van der Waals surface area contributed by atoms with Crippen LogP contribution >= 0.6 is 0 Å². The van der Waals surface area contributed by atoms with Crippen molar-refractivity contribution in [3.8, 4) is 0 Å². The van der Waals surface area contributed by atoms with E-state index in [1.807, 2.05) is 34.6 Å². The molecule has 2 amide bonds. The van der Waals surface area contributed by atoms with Gasteiger partial charge in [-0.25, -0.2) is 4.39 Å². The number of carbonyl (C=O) groups excluding carboxylic acids is 2. The molecular formula is C23H34FN3O3. The molecule has 1 unspecified atom stereocenters. The van der Waals surface area contributed by atoms with Crippen LogP contribution in [0.3, 0.4) is 0 Å². The van der Waals surface area contributed by atoms with Gasteiger partial charge in [0.15, 0.2) is 0 Å². The largest absolute Gasteiger partial charge is 0.365 e. The summed E-state index contributed by atoms with van der Waals surface area (Å²) < 4.78 is 17.6. The number of carbonyl (C=O) groups is 2. The summed E-state index contributed by atoms with van der Waals surface area (Å²) in [5.41, 5.74) is 1.64. The molecule has 0 spiro atoms. The third-order valence-electron chi connectivity index (χ3n) is 4.38. The van der Waals surface area contributed by atoms with Crippen molar-refractivity contribution in [1.29, 1.82) is 0 Å². The van der Waals surface area contributed by atoms with Crippen molar-refractivity contribution in [1.82, 2.24) is 15.4 Å². The quantitative estimate of drug-likeness (QED) is 0.775. The normalized spacial score (nSPS) is 15.0. The van der Waals surface area contributed by atoms with Gasteiger partial charge in [-0.1, -0.05) is 45.0 Å². The van der Waals surface area contributed by atoms with Crippen molar-refractivity contribution >= 4 is 11.8 Å². The fourth-order valence-corrected chi connectivity index (χ4v) is 3.03. The lowest BCUT2D eigenvalue weighted by Gasteiger charge is -2.24. The number of benzene rings is 1. The standard InChI is InChI=1S/C17H23FN2O2.C4H5NO.C2H6/c1-12(2)9-16(21)20-8-4-7-15(20)17(22)19-11-13-5-3-6-14(18)10-13;1-4-2-3-6-5-4;1-2/h3,5-6,10,12,15H,4,7-9,11H2,1-2H3,(H,19,22);2-3H,1H3;1-2H3. The topological polar surface area (TPSA) is 75.4 Å². The van der Waals surface area contributed by atoms with Gasteiger partial charge in [0.25, 0.3) is 0 Å². The van der Waals surface area contributed by atoms with E-state index in [-0.39, 0.29) is 36.1 Å². The summed E-state index contributed by atoms with van der Waals surface area (Å²) in [7, 11) is 0. The zero-order valence-corrected chi connectivity index (χ0v) is 18.7. The maximum Gasteiger partial charge on any atom is 0.243 e. The van der Waals surface area contributed by atoms with Crippen molar-refractivity contribution in [3.63, 3.8) is 0 Å². The monoisotopic (exact) mass is 419 g/mol. The first-order valence-electron chi connectivity index (χ1n) is 10.6. The molecule has 6 nitrogen and oxygen atoms in total. The van der Waals surface area contributed by atoms with Crippen LogP contribution in [0.5, 0.6) is 0 Å². The summed E-state index contributed by atoms with van der Waals surface area (Å²) in [6, 6.07) is 7.57. The smallest absolute Gasteiger partial charge is 0.243 e. The van der Waals surface area contributed by atoms with E-state index in [1.165, 1.54) is 12.1 Å². The molecule has 166 valence electrons. The van der Waals surface area contributed by atoms with E-state index in [0.29, 0.717) is 24.9 Å². The Morgan fingerprint density at radius 2 is 2.03 bits per heavy atom. The molecule has 0 saturated carbocycles. The van der Waals surface area contributed by atoms with Crippen molar-refractivity contribution < 1.29 is 18.5 Å². The first kappa shape index (κ1) is 25.3. The van der Waals surface area contributed by atoms with Crippen LogP contribution in [0.1, 0.15) is 58.2 Å². The predicted molar refractivity (Wildman–Crippen MR) is 115 cm³/mol. The van der Waals surface area contributed by atoms with Crippen LogP contribution in [-0.4, -0.2) is 34.5 Å². The van der Waals surface area contributed by atoms with Crippen LogP contribution in [0.15, 0.2) is 41.1 Å². The van der Waals surface area contributed by atoms with Crippen LogP contribution in [-0.2, 0) is 16.1 Å². The molecule has 1 aliphatic rings. The van der Waals surface area contributed by atoms with Gasteiger partial charge < -0.3 is 14.7 Å². The third kappa shape index (κ3) is 8.76. The van der Waals surface area contributed by atoms with Crippen LogP contribution in [0.2, 0.25) is 0 Å². The summed E-state index contributed by atoms with van der Waals surface area (Å²) in [6.07, 6.45) is 3.56. The second kappa shape index (κ2) is 13.5. The zero-order valence-electron chi connectivity index (χ0n) is 18.7. The lowest BCUT2D eigenvalue weighted by molar-refractivity contribution is -0.139. The maximum atomic E-state index is 13.1. The Bertz CT molecular complexity index is 763. The first-order chi connectivity index (χ1) is 14.4. The molecule has 2 aromatic rings. The molecule has 0 aliphatic carbocycles. The second-order valence-corrected chi connectivity index (χ2v) is 7.33. The fraction of sp³-hybridized carbons (Fsp3) is 0.522. The minimum absolute atomic E-state index is 0.0402. The molecule has 1 saturated heterocycles. The number of nitrogens with zero attached hydrogens (tertiary/aromatic N) is 2. The van der Waals surface area contributed by atoms with Crippen LogP contribution in [0.25, 0.3) is 0 Å². The number of aryl methyl sites for hydroxylation is 1. The van der Waals surface area contributed by atoms with Crippen LogP contribution in [0.4, 0.5) is 4.39 Å². The predicted octanol–water partition coefficient (Wildman–Crippen LogP) is 4.49. The number of hydrogen-bond acceptors (Lipinski definition) is 4. The average Bonchev–Trinajstić information content (AvgIpc) is 3.39. The number of halogens is 1. The molecule has 1 aromatic carbocycles. The Hall–Kier alpha value is -2.70. The Labute approximate surface area is 178 Å². The number of likely N-dealkylation sites (tertiary alicyclic amines) is 1. The summed E-state index contributed by atoms with van der Waals surface area (Å²) >= 11 is 0. The molecule has 1 aliphatic heterocycles. The van der Waals surface area contributed by atoms with Crippen LogP contribution < -0.4 is 5.32 Å². The van der Waals surface area contributed by atoms with E-state index in [0.717, 1.165) is 12.1 Å². The van der Waals surface area contributed by atoms with E-state index in [1.54, 1.807) is 29.4 Å². The van der Waals surface area contributed by atoms with Gasteiger partial charge in [0.1, 0.15) is 18.1 Å². The van der Waals surface area contributed by atoms with Gasteiger partial charge in [-0.3, -0.25) is 9.59 Å². The van der Waals surface area contributed by atoms with Gasteiger partial charge in [-0.15, -0.1) is 0 Å². The van der Waals surface area contributed by atoms with Gasteiger partial charge in [-0.2, -0.15) is 0 Å². The highest BCUT2D eigenvalue weighted by atomic mass is 19.1. The molecule has 0 radical (unpaired) electrons. The van der Waals surface area contributed by atoms with Gasteiger partial charge in [0.05, 0.1) is 5.69 Å². The number of amides is 2.